The van der Waals surface area contributed by atoms with Crippen molar-refractivity contribution in [3.05, 3.63) is 34.0 Å². The summed E-state index contributed by atoms with van der Waals surface area (Å²) in [6.45, 7) is 2.61. The van der Waals surface area contributed by atoms with Gasteiger partial charge in [-0.2, -0.15) is 5.10 Å². The van der Waals surface area contributed by atoms with Gasteiger partial charge in [0, 0.05) is 45.0 Å². The van der Waals surface area contributed by atoms with Gasteiger partial charge in [0.05, 0.1) is 6.54 Å². The van der Waals surface area contributed by atoms with Crippen LogP contribution in [0, 0.1) is 0 Å². The minimum absolute atomic E-state index is 0. The lowest BCUT2D eigenvalue weighted by molar-refractivity contribution is -0.131. The van der Waals surface area contributed by atoms with Crippen molar-refractivity contribution >= 4 is 47.2 Å². The molecule has 3 rings (SSSR count). The summed E-state index contributed by atoms with van der Waals surface area (Å²) < 4.78 is 1.71. The fraction of sp³-hybridized carbons (Fsp3) is 0.500. The number of rotatable bonds is 5. The lowest BCUT2D eigenvalue weighted by atomic mass is 10.1. The highest BCUT2D eigenvalue weighted by Crippen LogP contribution is 2.24. The van der Waals surface area contributed by atoms with Crippen LogP contribution in [0.2, 0.25) is 0 Å². The molecule has 0 fully saturated rings. The molecule has 0 unspecified atom stereocenters. The molecule has 2 aromatic rings. The number of halogens is 1. The van der Waals surface area contributed by atoms with E-state index in [9.17, 15) is 4.79 Å². The average Bonchev–Trinajstić information content (AvgIpc) is 3.25. The molecule has 0 aliphatic carbocycles. The molecule has 0 spiro atoms. The molecule has 142 valence electrons. The molecule has 2 aromatic heterocycles. The summed E-state index contributed by atoms with van der Waals surface area (Å²) in [5, 5.41) is 12.5. The quantitative estimate of drug-likeness (QED) is 0.374. The van der Waals surface area contributed by atoms with Gasteiger partial charge in [-0.05, 0) is 23.4 Å². The van der Waals surface area contributed by atoms with Crippen molar-refractivity contribution in [1.82, 2.24) is 30.3 Å². The zero-order valence-corrected chi connectivity index (χ0v) is 18.1. The molecule has 1 aliphatic heterocycles. The third-order valence-electron chi connectivity index (χ3n) is 4.23. The minimum atomic E-state index is 0. The first-order valence-corrected chi connectivity index (χ1v) is 9.15. The van der Waals surface area contributed by atoms with Crippen molar-refractivity contribution in [2.75, 3.05) is 20.1 Å². The third kappa shape index (κ3) is 5.16. The zero-order chi connectivity index (χ0) is 17.6. The van der Waals surface area contributed by atoms with Gasteiger partial charge in [-0.15, -0.1) is 35.3 Å². The number of guanidine groups is 1. The van der Waals surface area contributed by atoms with Gasteiger partial charge in [-0.1, -0.05) is 0 Å². The topological polar surface area (TPSA) is 87.4 Å². The maximum Gasteiger partial charge on any atom is 0.224 e. The van der Waals surface area contributed by atoms with Crippen molar-refractivity contribution in [1.29, 1.82) is 0 Å². The van der Waals surface area contributed by atoms with E-state index in [0.29, 0.717) is 25.5 Å². The second kappa shape index (κ2) is 9.86. The maximum atomic E-state index is 12.4. The number of aryl methyl sites for hydroxylation is 1. The van der Waals surface area contributed by atoms with Gasteiger partial charge in [0.2, 0.25) is 5.91 Å². The lowest BCUT2D eigenvalue weighted by Gasteiger charge is -2.27. The van der Waals surface area contributed by atoms with Crippen LogP contribution >= 0.6 is 35.3 Å². The Labute approximate surface area is 174 Å². The van der Waals surface area contributed by atoms with Crippen molar-refractivity contribution in [2.45, 2.75) is 25.9 Å². The number of amides is 1. The molecule has 1 aliphatic rings. The van der Waals surface area contributed by atoms with E-state index in [1.165, 1.54) is 16.8 Å². The van der Waals surface area contributed by atoms with Crippen LogP contribution in [0.4, 0.5) is 0 Å². The number of carbonyl (C=O) groups is 1. The smallest absolute Gasteiger partial charge is 0.224 e. The van der Waals surface area contributed by atoms with Crippen molar-refractivity contribution in [3.63, 3.8) is 0 Å². The summed E-state index contributed by atoms with van der Waals surface area (Å²) in [6.07, 6.45) is 2.93. The molecule has 0 atom stereocenters. The van der Waals surface area contributed by atoms with E-state index in [1.807, 2.05) is 11.9 Å². The van der Waals surface area contributed by atoms with Gasteiger partial charge >= 0.3 is 0 Å². The molecule has 26 heavy (non-hydrogen) atoms. The highest BCUT2D eigenvalue weighted by Gasteiger charge is 2.20. The van der Waals surface area contributed by atoms with E-state index in [4.69, 9.17) is 0 Å². The largest absolute Gasteiger partial charge is 0.356 e. The summed E-state index contributed by atoms with van der Waals surface area (Å²) >= 11 is 1.78. The van der Waals surface area contributed by atoms with E-state index in [-0.39, 0.29) is 29.9 Å². The van der Waals surface area contributed by atoms with E-state index in [1.54, 1.807) is 23.1 Å². The molecule has 8 nitrogen and oxygen atoms in total. The molecule has 0 aromatic carbocycles. The molecule has 0 bridgehead atoms. The normalized spacial score (nSPS) is 13.8. The van der Waals surface area contributed by atoms with Crippen molar-refractivity contribution in [2.24, 2.45) is 12.0 Å². The summed E-state index contributed by atoms with van der Waals surface area (Å²) in [5.41, 5.74) is 1.29. The van der Waals surface area contributed by atoms with Crippen LogP contribution in [0.5, 0.6) is 0 Å². The van der Waals surface area contributed by atoms with Gasteiger partial charge in [-0.3, -0.25) is 14.5 Å². The molecule has 0 radical (unpaired) electrons. The Hall–Kier alpha value is -1.69. The predicted molar refractivity (Wildman–Crippen MR) is 113 cm³/mol. The Morgan fingerprint density at radius 2 is 2.27 bits per heavy atom. The number of fused-ring (bicyclic) bond motifs is 1. The van der Waals surface area contributed by atoms with Crippen LogP contribution in [0.3, 0.4) is 0 Å². The first kappa shape index (κ1) is 20.6. The van der Waals surface area contributed by atoms with Crippen LogP contribution in [0.15, 0.2) is 22.8 Å². The second-order valence-corrected chi connectivity index (χ2v) is 6.84. The average molecular weight is 489 g/mol. The molecular formula is C16H24IN7OS. The fourth-order valence-electron chi connectivity index (χ4n) is 2.77. The summed E-state index contributed by atoms with van der Waals surface area (Å²) in [5.74, 6) is 1.64. The van der Waals surface area contributed by atoms with Crippen LogP contribution in [0.1, 0.15) is 22.7 Å². The molecule has 3 heterocycles. The highest BCUT2D eigenvalue weighted by molar-refractivity contribution is 14.0. The molecular weight excluding hydrogens is 465 g/mol. The van der Waals surface area contributed by atoms with Crippen LogP contribution < -0.4 is 10.6 Å². The SMILES string of the molecule is CN=C(NCCC(=O)N1CCc2sccc2C1)NCc1ncnn1C.I. The number of aliphatic imine (C=N–C) groups is 1. The van der Waals surface area contributed by atoms with Crippen molar-refractivity contribution in [3.8, 4) is 0 Å². The number of aromatic nitrogens is 3. The Bertz CT molecular complexity index is 757. The minimum Gasteiger partial charge on any atom is -0.356 e. The summed E-state index contributed by atoms with van der Waals surface area (Å²) in [4.78, 5) is 24.1. The lowest BCUT2D eigenvalue weighted by Crippen LogP contribution is -2.41. The zero-order valence-electron chi connectivity index (χ0n) is 14.9. The molecule has 1 amide bonds. The standard InChI is InChI=1S/C16H23N7OS.HI/c1-17-16(19-9-14-20-11-21-22(14)2)18-6-3-15(24)23-7-4-13-12(10-23)5-8-25-13;/h5,8,11H,3-4,6-7,9-10H2,1-2H3,(H2,17,18,19);1H. The maximum absolute atomic E-state index is 12.4. The molecule has 0 saturated carbocycles. The Morgan fingerprint density at radius 3 is 3.00 bits per heavy atom. The number of hydrogen-bond donors (Lipinski definition) is 2. The monoisotopic (exact) mass is 489 g/mol. The number of nitrogens with one attached hydrogen (secondary N) is 2. The second-order valence-electron chi connectivity index (χ2n) is 5.84. The van der Waals surface area contributed by atoms with E-state index in [0.717, 1.165) is 25.3 Å². The molecule has 0 saturated heterocycles. The van der Waals surface area contributed by atoms with Crippen LogP contribution in [-0.4, -0.2) is 51.7 Å². The molecule has 10 heteroatoms. The Kier molecular flexibility index (Phi) is 7.82. The predicted octanol–water partition coefficient (Wildman–Crippen LogP) is 1.13. The number of thiophene rings is 1. The van der Waals surface area contributed by atoms with Gasteiger partial charge in [-0.25, -0.2) is 4.98 Å². The Morgan fingerprint density at radius 1 is 1.42 bits per heavy atom. The van der Waals surface area contributed by atoms with E-state index in [2.05, 4.69) is 37.2 Å². The van der Waals surface area contributed by atoms with Gasteiger partial charge in [0.25, 0.3) is 0 Å². The first-order valence-electron chi connectivity index (χ1n) is 8.27. The van der Waals surface area contributed by atoms with E-state index < -0.39 is 0 Å². The van der Waals surface area contributed by atoms with Gasteiger partial charge in [0.15, 0.2) is 5.96 Å². The first-order chi connectivity index (χ1) is 12.2. The van der Waals surface area contributed by atoms with Gasteiger partial charge in [0.1, 0.15) is 12.2 Å². The van der Waals surface area contributed by atoms with E-state index >= 15 is 0 Å². The van der Waals surface area contributed by atoms with Crippen LogP contribution in [-0.2, 0) is 31.4 Å². The molecule has 2 N–H and O–H groups in total. The number of hydrogen-bond acceptors (Lipinski definition) is 5. The highest BCUT2D eigenvalue weighted by atomic mass is 127. The van der Waals surface area contributed by atoms with Gasteiger partial charge < -0.3 is 15.5 Å². The number of carbonyl (C=O) groups excluding carboxylic acids is 1. The fourth-order valence-corrected chi connectivity index (χ4v) is 3.66. The summed E-state index contributed by atoms with van der Waals surface area (Å²) in [7, 11) is 3.55. The Balaban J connectivity index is 0.00000243. The van der Waals surface area contributed by atoms with Crippen molar-refractivity contribution < 1.29 is 4.79 Å². The summed E-state index contributed by atoms with van der Waals surface area (Å²) in [6, 6.07) is 2.12. The third-order valence-corrected chi connectivity index (χ3v) is 5.26. The number of nitrogens with zero attached hydrogens (tertiary/aromatic N) is 5. The van der Waals surface area contributed by atoms with Crippen LogP contribution in [0.25, 0.3) is 0 Å².